The van der Waals surface area contributed by atoms with Crippen molar-refractivity contribution < 1.29 is 19.5 Å². The van der Waals surface area contributed by atoms with Crippen LogP contribution in [0.4, 0.5) is 5.82 Å². The summed E-state index contributed by atoms with van der Waals surface area (Å²) in [6, 6.07) is 7.34. The van der Waals surface area contributed by atoms with Crippen molar-refractivity contribution in [3.8, 4) is 11.3 Å². The van der Waals surface area contributed by atoms with Crippen LogP contribution in [0.2, 0.25) is 0 Å². The van der Waals surface area contributed by atoms with Gasteiger partial charge in [-0.15, -0.1) is 0 Å². The molecule has 1 unspecified atom stereocenters. The average Bonchev–Trinajstić information content (AvgIpc) is 3.50. The number of benzene rings is 1. The van der Waals surface area contributed by atoms with Crippen LogP contribution in [0.3, 0.4) is 0 Å². The number of piperidine rings is 1. The molecule has 200 valence electrons. The summed E-state index contributed by atoms with van der Waals surface area (Å²) < 4.78 is 1.97. The van der Waals surface area contributed by atoms with Gasteiger partial charge >= 0.3 is 5.97 Å². The predicted molar refractivity (Wildman–Crippen MR) is 143 cm³/mol. The fraction of sp³-hybridized carbons (Fsp3) is 0.321. The van der Waals surface area contributed by atoms with Crippen LogP contribution in [0.5, 0.6) is 0 Å². The van der Waals surface area contributed by atoms with Crippen molar-refractivity contribution in [2.24, 2.45) is 0 Å². The van der Waals surface area contributed by atoms with Crippen molar-refractivity contribution in [1.29, 1.82) is 0 Å². The minimum absolute atomic E-state index is 0.0814. The van der Waals surface area contributed by atoms with E-state index < -0.39 is 11.6 Å². The van der Waals surface area contributed by atoms with E-state index in [1.807, 2.05) is 27.6 Å². The Morgan fingerprint density at radius 1 is 1.21 bits per heavy atom. The summed E-state index contributed by atoms with van der Waals surface area (Å²) in [7, 11) is 0. The van der Waals surface area contributed by atoms with Gasteiger partial charge in [0.1, 0.15) is 28.5 Å². The smallest absolute Gasteiger partial charge is 0.335 e. The number of imidazole rings is 1. The Morgan fingerprint density at radius 2 is 2.00 bits per heavy atom. The number of fused-ring (bicyclic) bond motifs is 2. The van der Waals surface area contributed by atoms with Crippen LogP contribution in [0.1, 0.15) is 54.7 Å². The first-order valence-corrected chi connectivity index (χ1v) is 13.0. The molecule has 11 heteroatoms. The maximum Gasteiger partial charge on any atom is 0.335 e. The van der Waals surface area contributed by atoms with E-state index in [0.29, 0.717) is 41.6 Å². The van der Waals surface area contributed by atoms with Gasteiger partial charge in [-0.2, -0.15) is 0 Å². The third-order valence-electron chi connectivity index (χ3n) is 7.82. The van der Waals surface area contributed by atoms with Gasteiger partial charge in [-0.3, -0.25) is 14.0 Å². The van der Waals surface area contributed by atoms with Gasteiger partial charge in [0.25, 0.3) is 5.91 Å². The van der Waals surface area contributed by atoms with Crippen LogP contribution >= 0.6 is 0 Å². The van der Waals surface area contributed by atoms with Crippen molar-refractivity contribution in [1.82, 2.24) is 29.9 Å². The lowest BCUT2D eigenvalue weighted by Gasteiger charge is -2.34. The Hall–Kier alpha value is -4.67. The van der Waals surface area contributed by atoms with Gasteiger partial charge in [-0.1, -0.05) is 12.1 Å². The highest BCUT2D eigenvalue weighted by Gasteiger charge is 2.38. The molecule has 1 aromatic carbocycles. The lowest BCUT2D eigenvalue weighted by atomic mass is 9.92. The zero-order valence-corrected chi connectivity index (χ0v) is 21.4. The number of nitrogens with one attached hydrogen (secondary N) is 2. The largest absolute Gasteiger partial charge is 0.478 e. The summed E-state index contributed by atoms with van der Waals surface area (Å²) in [6.07, 6.45) is 11.3. The quantitative estimate of drug-likeness (QED) is 0.394. The second-order valence-corrected chi connectivity index (χ2v) is 10.5. The molecule has 3 aromatic rings. The van der Waals surface area contributed by atoms with Crippen molar-refractivity contribution in [2.45, 2.75) is 50.2 Å². The van der Waals surface area contributed by atoms with E-state index in [9.17, 15) is 19.5 Å². The number of rotatable bonds is 5. The molecule has 2 fully saturated rings. The molecule has 5 heterocycles. The lowest BCUT2D eigenvalue weighted by molar-refractivity contribution is -0.132. The Balaban J connectivity index is 1.28. The van der Waals surface area contributed by atoms with E-state index >= 15 is 0 Å². The van der Waals surface area contributed by atoms with Crippen molar-refractivity contribution in [3.05, 3.63) is 72.0 Å². The normalized spacial score (nSPS) is 24.3. The number of carbonyl (C=O) groups is 3. The topological polar surface area (TPSA) is 155 Å². The highest BCUT2D eigenvalue weighted by molar-refractivity contribution is 5.96. The SMILES string of the molecule is CC1(NC(=O)c2ccc(-c3nc([C@@H]4CC[C@H]5CCC(=O)N5C4)n4ccnc(N)c34)cc2)C=C(C(=O)O)C=CN1. The van der Waals surface area contributed by atoms with Crippen LogP contribution in [-0.2, 0) is 9.59 Å². The van der Waals surface area contributed by atoms with Gasteiger partial charge in [-0.25, -0.2) is 14.8 Å². The molecule has 0 aliphatic carbocycles. The second-order valence-electron chi connectivity index (χ2n) is 10.5. The standard InChI is InChI=1S/C28H29N7O4/c1-28(14-18(27(38)39)10-11-31-28)33-26(37)17-4-2-16(3-5-17)22-23-24(29)30-12-13-34(23)25(32-22)19-6-7-20-8-9-21(36)35(20)15-19/h2-5,10-14,19-20,31H,6-9,15H2,1H3,(H2,29,30)(H,33,37)(H,38,39)/t19-,20+,28?/m1/s1. The van der Waals surface area contributed by atoms with Crippen molar-refractivity contribution in [2.75, 3.05) is 12.3 Å². The molecule has 0 radical (unpaired) electrons. The molecule has 3 aliphatic rings. The zero-order valence-electron chi connectivity index (χ0n) is 21.4. The van der Waals surface area contributed by atoms with E-state index in [1.54, 1.807) is 25.3 Å². The molecular weight excluding hydrogens is 498 g/mol. The molecule has 0 spiro atoms. The fourth-order valence-electron chi connectivity index (χ4n) is 5.85. The first-order valence-electron chi connectivity index (χ1n) is 13.0. The first-order chi connectivity index (χ1) is 18.7. The molecule has 39 heavy (non-hydrogen) atoms. The van der Waals surface area contributed by atoms with Crippen LogP contribution in [0.15, 0.2) is 60.6 Å². The van der Waals surface area contributed by atoms with Gasteiger partial charge in [-0.05, 0) is 56.7 Å². The van der Waals surface area contributed by atoms with Crippen LogP contribution < -0.4 is 16.4 Å². The van der Waals surface area contributed by atoms with E-state index in [1.165, 1.54) is 18.4 Å². The number of nitrogen functional groups attached to an aromatic ring is 1. The van der Waals surface area contributed by atoms with Gasteiger partial charge < -0.3 is 26.4 Å². The maximum atomic E-state index is 13.0. The monoisotopic (exact) mass is 527 g/mol. The third kappa shape index (κ3) is 4.39. The molecular formula is C28H29N7O4. The summed E-state index contributed by atoms with van der Waals surface area (Å²) in [5.74, 6) is 0.0556. The Kier molecular flexibility index (Phi) is 5.86. The van der Waals surface area contributed by atoms with E-state index in [0.717, 1.165) is 30.7 Å². The summed E-state index contributed by atoms with van der Waals surface area (Å²) in [5, 5.41) is 15.1. The van der Waals surface area contributed by atoms with Crippen molar-refractivity contribution in [3.63, 3.8) is 0 Å². The highest BCUT2D eigenvalue weighted by Crippen LogP contribution is 2.38. The number of nitrogens with two attached hydrogens (primary N) is 1. The van der Waals surface area contributed by atoms with Crippen LogP contribution in [-0.4, -0.2) is 60.4 Å². The van der Waals surface area contributed by atoms with E-state index in [2.05, 4.69) is 15.6 Å². The Labute approximate surface area is 224 Å². The summed E-state index contributed by atoms with van der Waals surface area (Å²) >= 11 is 0. The molecule has 6 rings (SSSR count). The molecule has 3 atom stereocenters. The first kappa shape index (κ1) is 24.7. The predicted octanol–water partition coefficient (Wildman–Crippen LogP) is 2.42. The number of hydrogen-bond donors (Lipinski definition) is 4. The molecule has 5 N–H and O–H groups in total. The number of dihydropyridines is 1. The summed E-state index contributed by atoms with van der Waals surface area (Å²) in [4.78, 5) is 48.1. The molecule has 3 aliphatic heterocycles. The van der Waals surface area contributed by atoms with Gasteiger partial charge in [0.05, 0.1) is 5.57 Å². The average molecular weight is 528 g/mol. The number of aliphatic carboxylic acids is 1. The number of amides is 2. The van der Waals surface area contributed by atoms with Gasteiger partial charge in [0.2, 0.25) is 5.91 Å². The number of aromatic nitrogens is 3. The van der Waals surface area contributed by atoms with Gasteiger partial charge in [0.15, 0.2) is 0 Å². The van der Waals surface area contributed by atoms with E-state index in [4.69, 9.17) is 10.7 Å². The second kappa shape index (κ2) is 9.26. The molecule has 2 saturated heterocycles. The molecule has 2 amide bonds. The number of nitrogens with zero attached hydrogens (tertiary/aromatic N) is 4. The maximum absolute atomic E-state index is 13.0. The zero-order chi connectivity index (χ0) is 27.3. The number of carboxylic acid groups (broad SMARTS) is 1. The van der Waals surface area contributed by atoms with Gasteiger partial charge in [0, 0.05) is 48.4 Å². The molecule has 0 saturated carbocycles. The minimum atomic E-state index is -1.07. The summed E-state index contributed by atoms with van der Waals surface area (Å²) in [5.41, 5.74) is 7.88. The summed E-state index contributed by atoms with van der Waals surface area (Å²) in [6.45, 7) is 2.33. The minimum Gasteiger partial charge on any atom is -0.478 e. The number of carboxylic acids is 1. The number of anilines is 1. The Morgan fingerprint density at radius 3 is 2.77 bits per heavy atom. The van der Waals surface area contributed by atoms with Crippen LogP contribution in [0.25, 0.3) is 16.8 Å². The Bertz CT molecular complexity index is 1560. The number of carbonyl (C=O) groups excluding carboxylic acids is 2. The highest BCUT2D eigenvalue weighted by atomic mass is 16.4. The lowest BCUT2D eigenvalue weighted by Crippen LogP contribution is -2.54. The van der Waals surface area contributed by atoms with E-state index in [-0.39, 0.29) is 23.3 Å². The molecule has 11 nitrogen and oxygen atoms in total. The fourth-order valence-corrected chi connectivity index (χ4v) is 5.85. The number of hydrogen-bond acceptors (Lipinski definition) is 7. The molecule has 0 bridgehead atoms. The third-order valence-corrected chi connectivity index (χ3v) is 7.82. The molecule has 2 aromatic heterocycles. The van der Waals surface area contributed by atoms with Crippen LogP contribution in [0, 0.1) is 0 Å². The van der Waals surface area contributed by atoms with Crippen molar-refractivity contribution >= 4 is 29.1 Å².